The van der Waals surface area contributed by atoms with Crippen LogP contribution in [-0.4, -0.2) is 19.0 Å². The van der Waals surface area contributed by atoms with Gasteiger partial charge in [-0.3, -0.25) is 4.79 Å². The molecule has 0 unspecified atom stereocenters. The number of carbonyl (C=O) groups is 1. The third-order valence-corrected chi connectivity index (χ3v) is 2.99. The SMILES string of the molecule is CCN(C(=O)CNc1ccccc1F)c1ccccc1. The van der Waals surface area contributed by atoms with Crippen molar-refractivity contribution >= 4 is 17.3 Å². The average Bonchev–Trinajstić information content (AvgIpc) is 2.48. The summed E-state index contributed by atoms with van der Waals surface area (Å²) >= 11 is 0. The van der Waals surface area contributed by atoms with Crippen LogP contribution in [0.5, 0.6) is 0 Å². The smallest absolute Gasteiger partial charge is 0.246 e. The highest BCUT2D eigenvalue weighted by molar-refractivity contribution is 5.96. The van der Waals surface area contributed by atoms with Gasteiger partial charge in [0.05, 0.1) is 12.2 Å². The first-order chi connectivity index (χ1) is 9.72. The quantitative estimate of drug-likeness (QED) is 0.905. The fourth-order valence-corrected chi connectivity index (χ4v) is 1.98. The van der Waals surface area contributed by atoms with Gasteiger partial charge < -0.3 is 10.2 Å². The molecule has 4 heteroatoms. The highest BCUT2D eigenvalue weighted by Crippen LogP contribution is 2.15. The van der Waals surface area contributed by atoms with Crippen molar-refractivity contribution in [1.82, 2.24) is 0 Å². The van der Waals surface area contributed by atoms with Crippen LogP contribution in [0.2, 0.25) is 0 Å². The highest BCUT2D eigenvalue weighted by Gasteiger charge is 2.13. The maximum absolute atomic E-state index is 13.5. The van der Waals surface area contributed by atoms with Crippen molar-refractivity contribution in [2.24, 2.45) is 0 Å². The number of likely N-dealkylation sites (N-methyl/N-ethyl adjacent to an activating group) is 1. The molecule has 1 amide bonds. The van der Waals surface area contributed by atoms with Gasteiger partial charge >= 0.3 is 0 Å². The number of nitrogens with one attached hydrogen (secondary N) is 1. The molecule has 20 heavy (non-hydrogen) atoms. The van der Waals surface area contributed by atoms with E-state index in [1.807, 2.05) is 37.3 Å². The zero-order valence-corrected chi connectivity index (χ0v) is 11.3. The van der Waals surface area contributed by atoms with Gasteiger partial charge in [0.2, 0.25) is 5.91 Å². The fourth-order valence-electron chi connectivity index (χ4n) is 1.98. The molecule has 1 N–H and O–H groups in total. The molecule has 0 aliphatic carbocycles. The summed E-state index contributed by atoms with van der Waals surface area (Å²) in [4.78, 5) is 13.9. The standard InChI is InChI=1S/C16H17FN2O/c1-2-19(13-8-4-3-5-9-13)16(20)12-18-15-11-7-6-10-14(15)17/h3-11,18H,2,12H2,1H3. The first-order valence-corrected chi connectivity index (χ1v) is 6.56. The first kappa shape index (κ1) is 14.1. The summed E-state index contributed by atoms with van der Waals surface area (Å²) in [7, 11) is 0. The van der Waals surface area contributed by atoms with Gasteiger partial charge in [0.25, 0.3) is 0 Å². The molecule has 0 atom stereocenters. The van der Waals surface area contributed by atoms with Gasteiger partial charge in [0.1, 0.15) is 5.82 Å². The van der Waals surface area contributed by atoms with E-state index < -0.39 is 0 Å². The molecule has 3 nitrogen and oxygen atoms in total. The predicted octanol–water partition coefficient (Wildman–Crippen LogP) is 3.29. The molecule has 0 aliphatic rings. The minimum Gasteiger partial charge on any atom is -0.374 e. The summed E-state index contributed by atoms with van der Waals surface area (Å²) in [6.45, 7) is 2.54. The summed E-state index contributed by atoms with van der Waals surface area (Å²) in [6.07, 6.45) is 0. The Bertz CT molecular complexity index is 572. The molecule has 0 saturated heterocycles. The lowest BCUT2D eigenvalue weighted by molar-refractivity contribution is -0.116. The van der Waals surface area contributed by atoms with Crippen LogP contribution in [0.15, 0.2) is 54.6 Å². The molecule has 0 fully saturated rings. The van der Waals surface area contributed by atoms with E-state index in [-0.39, 0.29) is 18.3 Å². The van der Waals surface area contributed by atoms with Crippen molar-refractivity contribution in [1.29, 1.82) is 0 Å². The number of halogens is 1. The molecular weight excluding hydrogens is 255 g/mol. The van der Waals surface area contributed by atoms with Crippen LogP contribution in [0.25, 0.3) is 0 Å². The van der Waals surface area contributed by atoms with Gasteiger partial charge in [-0.1, -0.05) is 30.3 Å². The van der Waals surface area contributed by atoms with E-state index in [2.05, 4.69) is 5.32 Å². The molecule has 0 aromatic heterocycles. The summed E-state index contributed by atoms with van der Waals surface area (Å²) in [6, 6.07) is 15.7. The van der Waals surface area contributed by atoms with Crippen LogP contribution in [-0.2, 0) is 4.79 Å². The second kappa shape index (κ2) is 6.70. The number of benzene rings is 2. The zero-order valence-electron chi connectivity index (χ0n) is 11.3. The topological polar surface area (TPSA) is 32.3 Å². The van der Waals surface area contributed by atoms with Gasteiger partial charge in [0, 0.05) is 12.2 Å². The molecule has 2 aromatic rings. The lowest BCUT2D eigenvalue weighted by Crippen LogP contribution is -2.35. The monoisotopic (exact) mass is 272 g/mol. The summed E-state index contributed by atoms with van der Waals surface area (Å²) in [5, 5.41) is 2.83. The van der Waals surface area contributed by atoms with Gasteiger partial charge in [0.15, 0.2) is 0 Å². The van der Waals surface area contributed by atoms with Crippen LogP contribution < -0.4 is 10.2 Å². The lowest BCUT2D eigenvalue weighted by atomic mass is 10.2. The number of hydrogen-bond donors (Lipinski definition) is 1. The van der Waals surface area contributed by atoms with Crippen LogP contribution in [0.4, 0.5) is 15.8 Å². The van der Waals surface area contributed by atoms with Crippen molar-refractivity contribution in [3.63, 3.8) is 0 Å². The number of nitrogens with zero attached hydrogens (tertiary/aromatic N) is 1. The minimum atomic E-state index is -0.358. The maximum Gasteiger partial charge on any atom is 0.246 e. The fraction of sp³-hybridized carbons (Fsp3) is 0.188. The Morgan fingerprint density at radius 2 is 1.75 bits per heavy atom. The van der Waals surface area contributed by atoms with Crippen molar-refractivity contribution in [2.45, 2.75) is 6.92 Å². The van der Waals surface area contributed by atoms with Gasteiger partial charge in [-0.15, -0.1) is 0 Å². The molecule has 2 aromatic carbocycles. The molecule has 0 radical (unpaired) electrons. The number of anilines is 2. The van der Waals surface area contributed by atoms with E-state index in [0.717, 1.165) is 5.69 Å². The largest absolute Gasteiger partial charge is 0.374 e. The Labute approximate surface area is 118 Å². The Morgan fingerprint density at radius 1 is 1.10 bits per heavy atom. The van der Waals surface area contributed by atoms with E-state index in [0.29, 0.717) is 12.2 Å². The molecule has 0 saturated carbocycles. The van der Waals surface area contributed by atoms with Crippen LogP contribution in [0, 0.1) is 5.82 Å². The van der Waals surface area contributed by atoms with Crippen LogP contribution in [0.3, 0.4) is 0 Å². The first-order valence-electron chi connectivity index (χ1n) is 6.56. The number of hydrogen-bond acceptors (Lipinski definition) is 2. The zero-order chi connectivity index (χ0) is 14.4. The molecule has 0 aliphatic heterocycles. The molecule has 104 valence electrons. The summed E-state index contributed by atoms with van der Waals surface area (Å²) in [5.41, 5.74) is 1.18. The average molecular weight is 272 g/mol. The summed E-state index contributed by atoms with van der Waals surface area (Å²) < 4.78 is 13.5. The van der Waals surface area contributed by atoms with Gasteiger partial charge in [-0.2, -0.15) is 0 Å². The third-order valence-electron chi connectivity index (χ3n) is 2.99. The number of rotatable bonds is 5. The third kappa shape index (κ3) is 3.35. The predicted molar refractivity (Wildman–Crippen MR) is 79.4 cm³/mol. The van der Waals surface area contributed by atoms with E-state index in [4.69, 9.17) is 0 Å². The summed E-state index contributed by atoms with van der Waals surface area (Å²) in [5.74, 6) is -0.454. The normalized spacial score (nSPS) is 10.1. The van der Waals surface area contributed by atoms with E-state index >= 15 is 0 Å². The lowest BCUT2D eigenvalue weighted by Gasteiger charge is -2.21. The van der Waals surface area contributed by atoms with E-state index in [9.17, 15) is 9.18 Å². The number of amides is 1. The van der Waals surface area contributed by atoms with Crippen LogP contribution in [0.1, 0.15) is 6.92 Å². The molecular formula is C16H17FN2O. The number of para-hydroxylation sites is 2. The van der Waals surface area contributed by atoms with E-state index in [1.54, 1.807) is 23.1 Å². The Balaban J connectivity index is 2.02. The molecule has 0 bridgehead atoms. The Morgan fingerprint density at radius 3 is 2.40 bits per heavy atom. The molecule has 2 rings (SSSR count). The van der Waals surface area contributed by atoms with Crippen molar-refractivity contribution < 1.29 is 9.18 Å². The molecule has 0 spiro atoms. The Hall–Kier alpha value is -2.36. The van der Waals surface area contributed by atoms with Gasteiger partial charge in [-0.05, 0) is 31.2 Å². The highest BCUT2D eigenvalue weighted by atomic mass is 19.1. The van der Waals surface area contributed by atoms with Gasteiger partial charge in [-0.25, -0.2) is 4.39 Å². The van der Waals surface area contributed by atoms with E-state index in [1.165, 1.54) is 6.07 Å². The second-order valence-electron chi connectivity index (χ2n) is 4.31. The van der Waals surface area contributed by atoms with Crippen molar-refractivity contribution in [3.05, 3.63) is 60.4 Å². The van der Waals surface area contributed by atoms with Crippen molar-refractivity contribution in [2.75, 3.05) is 23.3 Å². The minimum absolute atomic E-state index is 0.0592. The molecule has 0 heterocycles. The maximum atomic E-state index is 13.5. The van der Waals surface area contributed by atoms with Crippen molar-refractivity contribution in [3.8, 4) is 0 Å². The second-order valence-corrected chi connectivity index (χ2v) is 4.31. The number of carbonyl (C=O) groups excluding carboxylic acids is 1. The van der Waals surface area contributed by atoms with Crippen LogP contribution >= 0.6 is 0 Å². The Kier molecular flexibility index (Phi) is 4.71.